The third kappa shape index (κ3) is 2.63. The molecule has 0 saturated heterocycles. The summed E-state index contributed by atoms with van der Waals surface area (Å²) in [6.07, 6.45) is -3.71. The molecule has 0 aliphatic heterocycles. The number of halogens is 3. The molecule has 0 spiro atoms. The Morgan fingerprint density at radius 3 is 2.56 bits per heavy atom. The summed E-state index contributed by atoms with van der Waals surface area (Å²) >= 11 is 0. The summed E-state index contributed by atoms with van der Waals surface area (Å²) in [6.45, 7) is 1.76. The van der Waals surface area contributed by atoms with Gasteiger partial charge in [-0.1, -0.05) is 0 Å². The van der Waals surface area contributed by atoms with Crippen molar-refractivity contribution in [1.82, 2.24) is 14.9 Å². The number of carbonyl (C=O) groups is 1. The summed E-state index contributed by atoms with van der Waals surface area (Å²) in [4.78, 5) is 14.8. The van der Waals surface area contributed by atoms with Crippen LogP contribution in [-0.2, 0) is 17.4 Å². The van der Waals surface area contributed by atoms with Gasteiger partial charge in [0.25, 0.3) is 0 Å². The average Bonchev–Trinajstić information content (AvgIpc) is 2.63. The SMILES string of the molecule is CCNC(=O)CC(O)(c1nccn1C)C(F)(F)F. The smallest absolute Gasteiger partial charge is 0.374 e. The van der Waals surface area contributed by atoms with E-state index in [1.54, 1.807) is 6.92 Å². The Balaban J connectivity index is 3.13. The minimum atomic E-state index is -4.99. The van der Waals surface area contributed by atoms with Crippen molar-refractivity contribution in [2.24, 2.45) is 7.05 Å². The van der Waals surface area contributed by atoms with Gasteiger partial charge in [-0.3, -0.25) is 4.79 Å². The molecule has 0 radical (unpaired) electrons. The molecule has 0 bridgehead atoms. The van der Waals surface area contributed by atoms with E-state index in [1.807, 2.05) is 0 Å². The van der Waals surface area contributed by atoms with E-state index in [0.717, 1.165) is 10.8 Å². The largest absolute Gasteiger partial charge is 0.425 e. The summed E-state index contributed by atoms with van der Waals surface area (Å²) in [5, 5.41) is 12.0. The maximum absolute atomic E-state index is 13.0. The van der Waals surface area contributed by atoms with Crippen LogP contribution < -0.4 is 5.32 Å². The third-order valence-electron chi connectivity index (χ3n) is 2.45. The number of nitrogens with one attached hydrogen (secondary N) is 1. The van der Waals surface area contributed by atoms with Crippen LogP contribution in [0, 0.1) is 0 Å². The molecule has 1 aromatic heterocycles. The van der Waals surface area contributed by atoms with Crippen LogP contribution in [-0.4, -0.2) is 33.3 Å². The van der Waals surface area contributed by atoms with Crippen molar-refractivity contribution in [3.05, 3.63) is 18.2 Å². The number of amides is 1. The highest BCUT2D eigenvalue weighted by Gasteiger charge is 2.58. The summed E-state index contributed by atoms with van der Waals surface area (Å²) in [5.41, 5.74) is -3.29. The van der Waals surface area contributed by atoms with Gasteiger partial charge in [0, 0.05) is 26.0 Å². The van der Waals surface area contributed by atoms with E-state index in [0.29, 0.717) is 0 Å². The standard InChI is InChI=1S/C10H14F3N3O2/c1-3-14-7(17)6-9(18,10(11,12)13)8-15-4-5-16(8)2/h4-5,18H,3,6H2,1-2H3,(H,14,17). The van der Waals surface area contributed by atoms with E-state index in [2.05, 4.69) is 10.3 Å². The van der Waals surface area contributed by atoms with Gasteiger partial charge >= 0.3 is 6.18 Å². The maximum atomic E-state index is 13.0. The van der Waals surface area contributed by atoms with Gasteiger partial charge in [0.15, 0.2) is 5.82 Å². The van der Waals surface area contributed by atoms with Gasteiger partial charge < -0.3 is 15.0 Å². The van der Waals surface area contributed by atoms with Crippen LogP contribution in [0.3, 0.4) is 0 Å². The van der Waals surface area contributed by atoms with Crippen LogP contribution in [0.1, 0.15) is 19.2 Å². The number of imidazole rings is 1. The first-order valence-corrected chi connectivity index (χ1v) is 5.26. The number of aromatic nitrogens is 2. The fourth-order valence-electron chi connectivity index (χ4n) is 1.56. The summed E-state index contributed by atoms with van der Waals surface area (Å²) < 4.78 is 39.9. The molecular weight excluding hydrogens is 251 g/mol. The molecule has 1 aromatic rings. The fraction of sp³-hybridized carbons (Fsp3) is 0.600. The zero-order valence-corrected chi connectivity index (χ0v) is 9.95. The fourth-order valence-corrected chi connectivity index (χ4v) is 1.56. The van der Waals surface area contributed by atoms with Crippen molar-refractivity contribution in [2.45, 2.75) is 25.1 Å². The van der Waals surface area contributed by atoms with Crippen molar-refractivity contribution >= 4 is 5.91 Å². The lowest BCUT2D eigenvalue weighted by Crippen LogP contribution is -2.47. The maximum Gasteiger partial charge on any atom is 0.425 e. The molecule has 5 nitrogen and oxygen atoms in total. The van der Waals surface area contributed by atoms with Gasteiger partial charge in [0.1, 0.15) is 0 Å². The average molecular weight is 265 g/mol. The summed E-state index contributed by atoms with van der Waals surface area (Å²) in [6, 6.07) is 0. The zero-order chi connectivity index (χ0) is 14.0. The number of hydrogen-bond acceptors (Lipinski definition) is 3. The zero-order valence-electron chi connectivity index (χ0n) is 9.95. The first-order valence-electron chi connectivity index (χ1n) is 5.26. The predicted octanol–water partition coefficient (Wildman–Crippen LogP) is 0.696. The number of hydrogen-bond donors (Lipinski definition) is 2. The molecule has 1 heterocycles. The highest BCUT2D eigenvalue weighted by molar-refractivity contribution is 5.77. The molecule has 8 heteroatoms. The van der Waals surface area contributed by atoms with Crippen LogP contribution in [0.4, 0.5) is 13.2 Å². The van der Waals surface area contributed by atoms with Gasteiger partial charge in [-0.05, 0) is 6.92 Å². The van der Waals surface area contributed by atoms with Gasteiger partial charge in [0.05, 0.1) is 6.42 Å². The van der Waals surface area contributed by atoms with Gasteiger partial charge in [-0.15, -0.1) is 0 Å². The normalized spacial score (nSPS) is 15.2. The number of rotatable bonds is 4. The Morgan fingerprint density at radius 1 is 1.56 bits per heavy atom. The minimum absolute atomic E-state index is 0.188. The topological polar surface area (TPSA) is 67.2 Å². The molecule has 1 rings (SSSR count). The van der Waals surface area contributed by atoms with E-state index in [9.17, 15) is 23.1 Å². The third-order valence-corrected chi connectivity index (χ3v) is 2.45. The van der Waals surface area contributed by atoms with Crippen LogP contribution in [0.5, 0.6) is 0 Å². The summed E-state index contributed by atoms with van der Waals surface area (Å²) in [5.74, 6) is -1.50. The van der Waals surface area contributed by atoms with Crippen molar-refractivity contribution in [1.29, 1.82) is 0 Å². The highest BCUT2D eigenvalue weighted by Crippen LogP contribution is 2.40. The van der Waals surface area contributed by atoms with Crippen molar-refractivity contribution in [2.75, 3.05) is 6.54 Å². The lowest BCUT2D eigenvalue weighted by atomic mass is 9.97. The number of nitrogens with zero attached hydrogens (tertiary/aromatic N) is 2. The van der Waals surface area contributed by atoms with E-state index < -0.39 is 29.9 Å². The second-order valence-electron chi connectivity index (χ2n) is 3.85. The minimum Gasteiger partial charge on any atom is -0.374 e. The van der Waals surface area contributed by atoms with E-state index in [-0.39, 0.29) is 6.54 Å². The number of alkyl halides is 3. The second kappa shape index (κ2) is 4.97. The van der Waals surface area contributed by atoms with Crippen molar-refractivity contribution < 1.29 is 23.1 Å². The van der Waals surface area contributed by atoms with Crippen LogP contribution >= 0.6 is 0 Å². The Bertz CT molecular complexity index is 430. The first kappa shape index (κ1) is 14.5. The van der Waals surface area contributed by atoms with Crippen LogP contribution in [0.15, 0.2) is 12.4 Å². The molecule has 1 atom stereocenters. The van der Waals surface area contributed by atoms with Crippen molar-refractivity contribution in [3.8, 4) is 0 Å². The number of carbonyl (C=O) groups excluding carboxylic acids is 1. The van der Waals surface area contributed by atoms with E-state index in [1.165, 1.54) is 13.2 Å². The quantitative estimate of drug-likeness (QED) is 0.842. The van der Waals surface area contributed by atoms with Crippen LogP contribution in [0.25, 0.3) is 0 Å². The van der Waals surface area contributed by atoms with Crippen molar-refractivity contribution in [3.63, 3.8) is 0 Å². The molecule has 2 N–H and O–H groups in total. The van der Waals surface area contributed by atoms with E-state index in [4.69, 9.17) is 0 Å². The molecule has 0 aliphatic rings. The Morgan fingerprint density at radius 2 is 2.17 bits per heavy atom. The van der Waals surface area contributed by atoms with Gasteiger partial charge in [-0.2, -0.15) is 13.2 Å². The summed E-state index contributed by atoms with van der Waals surface area (Å²) in [7, 11) is 1.32. The number of aryl methyl sites for hydroxylation is 1. The molecule has 0 aromatic carbocycles. The molecule has 1 amide bonds. The van der Waals surface area contributed by atoms with E-state index >= 15 is 0 Å². The molecule has 102 valence electrons. The van der Waals surface area contributed by atoms with Crippen LogP contribution in [0.2, 0.25) is 0 Å². The number of aliphatic hydroxyl groups is 1. The molecular formula is C10H14F3N3O2. The molecule has 1 unspecified atom stereocenters. The molecule has 18 heavy (non-hydrogen) atoms. The highest BCUT2D eigenvalue weighted by atomic mass is 19.4. The molecule has 0 aliphatic carbocycles. The van der Waals surface area contributed by atoms with Gasteiger partial charge in [0.2, 0.25) is 11.5 Å². The van der Waals surface area contributed by atoms with Gasteiger partial charge in [-0.25, -0.2) is 4.98 Å². The monoisotopic (exact) mass is 265 g/mol. The lowest BCUT2D eigenvalue weighted by Gasteiger charge is -2.29. The Labute approximate surface area is 102 Å². The molecule has 0 saturated carbocycles. The predicted molar refractivity (Wildman–Crippen MR) is 56.5 cm³/mol. The lowest BCUT2D eigenvalue weighted by molar-refractivity contribution is -0.271. The second-order valence-corrected chi connectivity index (χ2v) is 3.85. The Kier molecular flexibility index (Phi) is 4.00. The Hall–Kier alpha value is -1.57. The first-order chi connectivity index (χ1) is 8.22. The molecule has 0 fully saturated rings.